The van der Waals surface area contributed by atoms with E-state index >= 15 is 0 Å². The molecule has 0 aliphatic rings. The van der Waals surface area contributed by atoms with Crippen LogP contribution in [-0.2, 0) is 0 Å². The third kappa shape index (κ3) is 2.96. The molecule has 100 valence electrons. The smallest absolute Gasteiger partial charge is 0.321 e. The van der Waals surface area contributed by atoms with E-state index in [1.165, 1.54) is 13.2 Å². The number of aryl methyl sites for hydroxylation is 1. The molecule has 0 bridgehead atoms. The van der Waals surface area contributed by atoms with E-state index in [1.807, 2.05) is 6.92 Å². The molecule has 0 fully saturated rings. The lowest BCUT2D eigenvalue weighted by Gasteiger charge is -2.07. The van der Waals surface area contributed by atoms with Crippen molar-refractivity contribution in [1.82, 2.24) is 15.0 Å². The van der Waals surface area contributed by atoms with Crippen LogP contribution in [0.15, 0.2) is 18.2 Å². The molecule has 0 radical (unpaired) electrons. The van der Waals surface area contributed by atoms with Gasteiger partial charge in [-0.3, -0.25) is 0 Å². The molecule has 0 spiro atoms. The summed E-state index contributed by atoms with van der Waals surface area (Å²) in [6, 6.07) is 4.95. The summed E-state index contributed by atoms with van der Waals surface area (Å²) in [4.78, 5) is 12.5. The average molecular weight is 262 g/mol. The lowest BCUT2D eigenvalue weighted by molar-refractivity contribution is 0.379. The molecule has 2 aromatic rings. The maximum Gasteiger partial charge on any atom is 0.321 e. The summed E-state index contributed by atoms with van der Waals surface area (Å²) < 4.78 is 18.3. The normalized spacial score (nSPS) is 10.3. The monoisotopic (exact) mass is 262 g/mol. The van der Waals surface area contributed by atoms with E-state index in [4.69, 9.17) is 4.74 Å². The van der Waals surface area contributed by atoms with E-state index in [1.54, 1.807) is 19.1 Å². The van der Waals surface area contributed by atoms with Crippen LogP contribution in [0.25, 0.3) is 11.4 Å². The molecule has 0 unspecified atom stereocenters. The average Bonchev–Trinajstić information content (AvgIpc) is 2.42. The first-order chi connectivity index (χ1) is 9.13. The molecule has 1 heterocycles. The Labute approximate surface area is 110 Å². The molecule has 0 amide bonds. The lowest BCUT2D eigenvalue weighted by atomic mass is 10.1. The zero-order chi connectivity index (χ0) is 13.8. The van der Waals surface area contributed by atoms with Crippen molar-refractivity contribution in [3.05, 3.63) is 29.6 Å². The van der Waals surface area contributed by atoms with Gasteiger partial charge < -0.3 is 10.1 Å². The van der Waals surface area contributed by atoms with Crippen molar-refractivity contribution in [3.8, 4) is 17.4 Å². The number of ether oxygens (including phenoxy) is 1. The van der Waals surface area contributed by atoms with E-state index in [2.05, 4.69) is 20.3 Å². The second-order valence-electron chi connectivity index (χ2n) is 3.96. The topological polar surface area (TPSA) is 59.9 Å². The third-order valence-corrected chi connectivity index (χ3v) is 2.55. The molecule has 1 aromatic carbocycles. The fraction of sp³-hybridized carbons (Fsp3) is 0.308. The Balaban J connectivity index is 2.47. The lowest BCUT2D eigenvalue weighted by Crippen LogP contribution is -2.06. The van der Waals surface area contributed by atoms with Crippen molar-refractivity contribution in [2.75, 3.05) is 19.0 Å². The standard InChI is InChI=1S/C13H15FN4O/c1-4-15-12-16-11(17-13(18-12)19-3)9-5-6-10(14)8(2)7-9/h5-7H,4H2,1-3H3,(H,15,16,17,18). The maximum absolute atomic E-state index is 13.3. The van der Waals surface area contributed by atoms with Crippen molar-refractivity contribution in [1.29, 1.82) is 0 Å². The molecule has 0 aliphatic carbocycles. The molecule has 0 aliphatic heterocycles. The Kier molecular flexibility index (Phi) is 3.89. The van der Waals surface area contributed by atoms with Crippen molar-refractivity contribution < 1.29 is 9.13 Å². The molecule has 6 heteroatoms. The van der Waals surface area contributed by atoms with Crippen molar-refractivity contribution in [3.63, 3.8) is 0 Å². The van der Waals surface area contributed by atoms with Gasteiger partial charge in [0, 0.05) is 12.1 Å². The van der Waals surface area contributed by atoms with Crippen LogP contribution in [-0.4, -0.2) is 28.6 Å². The number of benzene rings is 1. The highest BCUT2D eigenvalue weighted by atomic mass is 19.1. The molecule has 0 saturated heterocycles. The largest absolute Gasteiger partial charge is 0.467 e. The molecule has 2 rings (SSSR count). The minimum Gasteiger partial charge on any atom is -0.467 e. The van der Waals surface area contributed by atoms with E-state index in [-0.39, 0.29) is 11.8 Å². The predicted octanol–water partition coefficient (Wildman–Crippen LogP) is 2.43. The minimum absolute atomic E-state index is 0.225. The molecule has 19 heavy (non-hydrogen) atoms. The quantitative estimate of drug-likeness (QED) is 0.917. The molecule has 0 atom stereocenters. The maximum atomic E-state index is 13.3. The van der Waals surface area contributed by atoms with Gasteiger partial charge in [0.2, 0.25) is 5.95 Å². The van der Waals surface area contributed by atoms with Crippen LogP contribution in [0, 0.1) is 12.7 Å². The third-order valence-electron chi connectivity index (χ3n) is 2.55. The highest BCUT2D eigenvalue weighted by Crippen LogP contribution is 2.21. The van der Waals surface area contributed by atoms with Gasteiger partial charge in [0.1, 0.15) is 5.82 Å². The van der Waals surface area contributed by atoms with E-state index < -0.39 is 0 Å². The minimum atomic E-state index is -0.253. The van der Waals surface area contributed by atoms with E-state index in [9.17, 15) is 4.39 Å². The molecule has 5 nitrogen and oxygen atoms in total. The molecular weight excluding hydrogens is 247 g/mol. The Morgan fingerprint density at radius 2 is 2.05 bits per heavy atom. The summed E-state index contributed by atoms with van der Waals surface area (Å²) in [7, 11) is 1.49. The first-order valence-corrected chi connectivity index (χ1v) is 5.94. The highest BCUT2D eigenvalue weighted by molar-refractivity contribution is 5.57. The summed E-state index contributed by atoms with van der Waals surface area (Å²) in [5.74, 6) is 0.633. The van der Waals surface area contributed by atoms with E-state index in [0.717, 1.165) is 5.56 Å². The Hall–Kier alpha value is -2.24. The van der Waals surface area contributed by atoms with Gasteiger partial charge in [-0.25, -0.2) is 4.39 Å². The van der Waals surface area contributed by atoms with Gasteiger partial charge in [-0.1, -0.05) is 0 Å². The van der Waals surface area contributed by atoms with Gasteiger partial charge in [0.15, 0.2) is 5.82 Å². The number of anilines is 1. The van der Waals surface area contributed by atoms with Crippen LogP contribution in [0.2, 0.25) is 0 Å². The number of aromatic nitrogens is 3. The SMILES string of the molecule is CCNc1nc(OC)nc(-c2ccc(F)c(C)c2)n1. The summed E-state index contributed by atoms with van der Waals surface area (Å²) in [6.45, 7) is 4.33. The van der Waals surface area contributed by atoms with Crippen molar-refractivity contribution in [2.24, 2.45) is 0 Å². The number of rotatable bonds is 4. The fourth-order valence-electron chi connectivity index (χ4n) is 1.60. The van der Waals surface area contributed by atoms with Crippen LogP contribution in [0.5, 0.6) is 6.01 Å². The number of halogens is 1. The van der Waals surface area contributed by atoms with Gasteiger partial charge in [-0.05, 0) is 37.6 Å². The van der Waals surface area contributed by atoms with Crippen LogP contribution < -0.4 is 10.1 Å². The van der Waals surface area contributed by atoms with Crippen LogP contribution >= 0.6 is 0 Å². The predicted molar refractivity (Wildman–Crippen MR) is 70.7 cm³/mol. The summed E-state index contributed by atoms with van der Waals surface area (Å²) in [5.41, 5.74) is 1.26. The highest BCUT2D eigenvalue weighted by Gasteiger charge is 2.09. The van der Waals surface area contributed by atoms with Gasteiger partial charge in [0.25, 0.3) is 0 Å². The first kappa shape index (κ1) is 13.2. The molecule has 0 saturated carbocycles. The number of hydrogen-bond donors (Lipinski definition) is 1. The molecule has 1 aromatic heterocycles. The summed E-state index contributed by atoms with van der Waals surface area (Å²) in [6.07, 6.45) is 0. The second-order valence-corrected chi connectivity index (χ2v) is 3.96. The van der Waals surface area contributed by atoms with Gasteiger partial charge in [-0.2, -0.15) is 15.0 Å². The first-order valence-electron chi connectivity index (χ1n) is 5.94. The number of nitrogens with zero attached hydrogens (tertiary/aromatic N) is 3. The van der Waals surface area contributed by atoms with Gasteiger partial charge in [-0.15, -0.1) is 0 Å². The molecular formula is C13H15FN4O. The number of nitrogens with one attached hydrogen (secondary N) is 1. The van der Waals surface area contributed by atoms with Gasteiger partial charge in [0.05, 0.1) is 7.11 Å². The Morgan fingerprint density at radius 3 is 2.68 bits per heavy atom. The molecule has 1 N–H and O–H groups in total. The van der Waals surface area contributed by atoms with E-state index in [0.29, 0.717) is 23.9 Å². The Morgan fingerprint density at radius 1 is 1.26 bits per heavy atom. The zero-order valence-corrected chi connectivity index (χ0v) is 11.1. The van der Waals surface area contributed by atoms with Crippen LogP contribution in [0.1, 0.15) is 12.5 Å². The summed E-state index contributed by atoms with van der Waals surface area (Å²) in [5, 5.41) is 3.00. The second kappa shape index (κ2) is 5.60. The van der Waals surface area contributed by atoms with Gasteiger partial charge >= 0.3 is 6.01 Å². The zero-order valence-electron chi connectivity index (χ0n) is 11.1. The Bertz CT molecular complexity index is 589. The fourth-order valence-corrected chi connectivity index (χ4v) is 1.60. The van der Waals surface area contributed by atoms with Crippen LogP contribution in [0.3, 0.4) is 0 Å². The van der Waals surface area contributed by atoms with Crippen molar-refractivity contribution in [2.45, 2.75) is 13.8 Å². The van der Waals surface area contributed by atoms with Crippen molar-refractivity contribution >= 4 is 5.95 Å². The van der Waals surface area contributed by atoms with Crippen LogP contribution in [0.4, 0.5) is 10.3 Å². The number of hydrogen-bond acceptors (Lipinski definition) is 5. The summed E-state index contributed by atoms with van der Waals surface area (Å²) >= 11 is 0. The number of methoxy groups -OCH3 is 1.